The van der Waals surface area contributed by atoms with Gasteiger partial charge in [0.15, 0.2) is 9.84 Å². The molecular weight excluding hydrogens is 219 g/mol. The summed E-state index contributed by atoms with van der Waals surface area (Å²) in [6.45, 7) is -1.81. The molecule has 0 aromatic heterocycles. The first-order valence-electron chi connectivity index (χ1n) is 3.16. The van der Waals surface area contributed by atoms with E-state index in [1.807, 2.05) is 0 Å². The number of halogens is 5. The smallest absolute Gasteiger partial charge is 0.246 e. The predicted molar refractivity (Wildman–Crippen MR) is 35.3 cm³/mol. The molecule has 0 spiro atoms. The third-order valence-electron chi connectivity index (χ3n) is 1.47. The highest BCUT2D eigenvalue weighted by molar-refractivity contribution is 7.92. The van der Waals surface area contributed by atoms with Gasteiger partial charge in [0, 0.05) is 0 Å². The molecule has 1 atom stereocenters. The molecule has 0 amide bonds. The van der Waals surface area contributed by atoms with E-state index in [9.17, 15) is 30.4 Å². The molecule has 0 fully saturated rings. The summed E-state index contributed by atoms with van der Waals surface area (Å²) < 4.78 is 81.0. The number of hydrogen-bond acceptors (Lipinski definition) is 2. The highest BCUT2D eigenvalue weighted by Crippen LogP contribution is 2.39. The zero-order valence-electron chi connectivity index (χ0n) is 6.53. The molecule has 1 unspecified atom stereocenters. The molecule has 2 nitrogen and oxygen atoms in total. The molecule has 0 aliphatic heterocycles. The fraction of sp³-hybridized carbons (Fsp3) is 1.00. The van der Waals surface area contributed by atoms with E-state index in [4.69, 9.17) is 0 Å². The number of rotatable bonds is 3. The van der Waals surface area contributed by atoms with E-state index in [0.717, 1.165) is 6.92 Å². The van der Waals surface area contributed by atoms with E-state index in [1.54, 1.807) is 0 Å². The summed E-state index contributed by atoms with van der Waals surface area (Å²) in [6.07, 6.45) is -5.74. The van der Waals surface area contributed by atoms with Crippen molar-refractivity contribution in [3.63, 3.8) is 0 Å². The van der Waals surface area contributed by atoms with Crippen LogP contribution in [0.3, 0.4) is 0 Å². The highest BCUT2D eigenvalue weighted by atomic mass is 32.2. The Hall–Kier alpha value is -0.400. The van der Waals surface area contributed by atoms with Crippen LogP contribution < -0.4 is 0 Å². The number of hydrogen-bond donors (Lipinski definition) is 0. The van der Waals surface area contributed by atoms with Crippen LogP contribution in [-0.4, -0.2) is 32.0 Å². The lowest BCUT2D eigenvalue weighted by molar-refractivity contribution is -0.201. The van der Waals surface area contributed by atoms with Crippen LogP contribution in [0.4, 0.5) is 22.0 Å². The Balaban J connectivity index is 5.33. The van der Waals surface area contributed by atoms with E-state index in [1.165, 1.54) is 0 Å². The van der Waals surface area contributed by atoms with E-state index in [-0.39, 0.29) is 0 Å². The Morgan fingerprint density at radius 3 is 1.62 bits per heavy atom. The fourth-order valence-corrected chi connectivity index (χ4v) is 1.54. The molecule has 13 heavy (non-hydrogen) atoms. The first-order chi connectivity index (χ1) is 5.62. The van der Waals surface area contributed by atoms with E-state index in [2.05, 4.69) is 0 Å². The second-order valence-electron chi connectivity index (χ2n) is 2.26. The second kappa shape index (κ2) is 3.39. The summed E-state index contributed by atoms with van der Waals surface area (Å²) in [6, 6.07) is 0. The van der Waals surface area contributed by atoms with Crippen molar-refractivity contribution in [3.05, 3.63) is 0 Å². The van der Waals surface area contributed by atoms with Gasteiger partial charge in [0.25, 0.3) is 0 Å². The lowest BCUT2D eigenvalue weighted by atomic mass is 10.4. The van der Waals surface area contributed by atoms with Crippen molar-refractivity contribution in [2.75, 3.05) is 12.4 Å². The normalized spacial score (nSPS) is 18.3. The van der Waals surface area contributed by atoms with Gasteiger partial charge < -0.3 is 0 Å². The van der Waals surface area contributed by atoms with E-state index < -0.39 is 33.4 Å². The lowest BCUT2D eigenvalue weighted by Crippen LogP contribution is -2.50. The number of alkyl halides is 5. The van der Waals surface area contributed by atoms with Gasteiger partial charge in [-0.1, -0.05) is 6.92 Å². The van der Waals surface area contributed by atoms with Crippen molar-refractivity contribution in [1.29, 1.82) is 0 Å². The maximum absolute atomic E-state index is 12.7. The molecule has 0 bridgehead atoms. The SMILES string of the molecule is CCS(=O)(=O)C(F)(CF)C(F)(F)F. The van der Waals surface area contributed by atoms with Gasteiger partial charge in [-0.05, 0) is 0 Å². The molecule has 0 N–H and O–H groups in total. The first kappa shape index (κ1) is 12.6. The summed E-state index contributed by atoms with van der Waals surface area (Å²) in [7, 11) is -5.13. The van der Waals surface area contributed by atoms with E-state index in [0.29, 0.717) is 0 Å². The molecule has 0 heterocycles. The average molecular weight is 226 g/mol. The molecule has 8 heteroatoms. The zero-order valence-corrected chi connectivity index (χ0v) is 7.35. The lowest BCUT2D eigenvalue weighted by Gasteiger charge is -2.23. The maximum atomic E-state index is 12.7. The van der Waals surface area contributed by atoms with Crippen LogP contribution in [-0.2, 0) is 9.84 Å². The van der Waals surface area contributed by atoms with Crippen molar-refractivity contribution >= 4 is 9.84 Å². The zero-order chi connectivity index (χ0) is 10.9. The van der Waals surface area contributed by atoms with Gasteiger partial charge in [0.05, 0.1) is 5.75 Å². The van der Waals surface area contributed by atoms with Crippen molar-refractivity contribution < 1.29 is 30.4 Å². The average Bonchev–Trinajstić information content (AvgIpc) is 2.00. The molecule has 0 aliphatic carbocycles. The second-order valence-corrected chi connectivity index (χ2v) is 4.72. The molecule has 0 radical (unpaired) electrons. The van der Waals surface area contributed by atoms with Gasteiger partial charge in [-0.3, -0.25) is 0 Å². The summed E-state index contributed by atoms with van der Waals surface area (Å²) in [5.74, 6) is -1.10. The van der Waals surface area contributed by atoms with Crippen LogP contribution in [0.15, 0.2) is 0 Å². The highest BCUT2D eigenvalue weighted by Gasteiger charge is 2.65. The molecule has 0 aromatic carbocycles. The summed E-state index contributed by atoms with van der Waals surface area (Å²) in [5, 5.41) is -4.77. The Morgan fingerprint density at radius 1 is 1.15 bits per heavy atom. The standard InChI is InChI=1S/C5H7F5O2S/c1-2-13(11,12)4(7,3-6)5(8,9)10/h2-3H2,1H3. The van der Waals surface area contributed by atoms with Gasteiger partial charge >= 0.3 is 11.2 Å². The maximum Gasteiger partial charge on any atom is 0.439 e. The van der Waals surface area contributed by atoms with Crippen molar-refractivity contribution in [3.8, 4) is 0 Å². The van der Waals surface area contributed by atoms with Crippen LogP contribution >= 0.6 is 0 Å². The van der Waals surface area contributed by atoms with Crippen molar-refractivity contribution in [2.45, 2.75) is 18.1 Å². The fourth-order valence-electron chi connectivity index (χ4n) is 0.564. The summed E-state index contributed by atoms with van der Waals surface area (Å²) >= 11 is 0. The molecule has 0 saturated heterocycles. The van der Waals surface area contributed by atoms with Crippen LogP contribution in [0.25, 0.3) is 0 Å². The van der Waals surface area contributed by atoms with Gasteiger partial charge in [0.2, 0.25) is 0 Å². The van der Waals surface area contributed by atoms with Crippen LogP contribution in [0.2, 0.25) is 0 Å². The molecule has 80 valence electrons. The number of sulfone groups is 1. The van der Waals surface area contributed by atoms with Crippen molar-refractivity contribution in [2.24, 2.45) is 0 Å². The Labute approximate surface area is 71.7 Å². The largest absolute Gasteiger partial charge is 0.439 e. The minimum absolute atomic E-state index is 0.811. The molecule has 0 aliphatic rings. The van der Waals surface area contributed by atoms with Crippen LogP contribution in [0.5, 0.6) is 0 Å². The minimum atomic E-state index is -5.74. The topological polar surface area (TPSA) is 34.1 Å². The van der Waals surface area contributed by atoms with Crippen LogP contribution in [0.1, 0.15) is 6.92 Å². The summed E-state index contributed by atoms with van der Waals surface area (Å²) in [5.41, 5.74) is 0. The van der Waals surface area contributed by atoms with Gasteiger partial charge in [-0.25, -0.2) is 17.2 Å². The molecule has 0 saturated carbocycles. The van der Waals surface area contributed by atoms with Gasteiger partial charge in [0.1, 0.15) is 6.67 Å². The molecule has 0 rings (SSSR count). The summed E-state index contributed by atoms with van der Waals surface area (Å²) in [4.78, 5) is 0. The van der Waals surface area contributed by atoms with Crippen LogP contribution in [0, 0.1) is 0 Å². The van der Waals surface area contributed by atoms with Crippen molar-refractivity contribution in [1.82, 2.24) is 0 Å². The third kappa shape index (κ3) is 1.92. The monoisotopic (exact) mass is 226 g/mol. The predicted octanol–water partition coefficient (Wildman–Crippen LogP) is 1.62. The quantitative estimate of drug-likeness (QED) is 0.685. The van der Waals surface area contributed by atoms with Gasteiger partial charge in [-0.2, -0.15) is 13.2 Å². The Morgan fingerprint density at radius 2 is 1.54 bits per heavy atom. The molecule has 0 aromatic rings. The van der Waals surface area contributed by atoms with E-state index >= 15 is 0 Å². The van der Waals surface area contributed by atoms with Gasteiger partial charge in [-0.15, -0.1) is 0 Å². The minimum Gasteiger partial charge on any atom is -0.246 e. The molecular formula is C5H7F5O2S. The first-order valence-corrected chi connectivity index (χ1v) is 4.81. The Kier molecular flexibility index (Phi) is 3.29. The third-order valence-corrected chi connectivity index (χ3v) is 3.55. The Bertz CT molecular complexity index is 269.